The third-order valence-electron chi connectivity index (χ3n) is 2.40. The molecule has 0 aliphatic rings. The zero-order valence-corrected chi connectivity index (χ0v) is 11.5. The average Bonchev–Trinajstić information content (AvgIpc) is 2.23. The van der Waals surface area contributed by atoms with Gasteiger partial charge < -0.3 is 9.80 Å². The van der Waals surface area contributed by atoms with Crippen molar-refractivity contribution in [2.45, 2.75) is 6.92 Å². The second-order valence-electron chi connectivity index (χ2n) is 4.35. The van der Waals surface area contributed by atoms with E-state index in [4.69, 9.17) is 11.6 Å². The molecule has 1 rings (SSSR count). The molecule has 0 aliphatic heterocycles. The van der Waals surface area contributed by atoms with Gasteiger partial charge in [-0.05, 0) is 33.2 Å². The van der Waals surface area contributed by atoms with Gasteiger partial charge in [0.15, 0.2) is 0 Å². The van der Waals surface area contributed by atoms with Crippen LogP contribution in [0.15, 0.2) is 12.1 Å². The molecule has 0 unspecified atom stereocenters. The minimum Gasteiger partial charge on any atom is -0.340 e. The largest absolute Gasteiger partial charge is 0.340 e. The van der Waals surface area contributed by atoms with E-state index in [9.17, 15) is 4.79 Å². The van der Waals surface area contributed by atoms with Crippen LogP contribution in [0.4, 0.5) is 0 Å². The van der Waals surface area contributed by atoms with Crippen LogP contribution in [0.3, 0.4) is 0 Å². The normalized spacial score (nSPS) is 10.7. The van der Waals surface area contributed by atoms with Gasteiger partial charge >= 0.3 is 0 Å². The Bertz CT molecular complexity index is 386. The molecule has 0 aromatic carbocycles. The third-order valence-corrected chi connectivity index (χ3v) is 2.59. The van der Waals surface area contributed by atoms with E-state index in [0.29, 0.717) is 17.3 Å². The van der Waals surface area contributed by atoms with Gasteiger partial charge in [-0.25, -0.2) is 4.98 Å². The van der Waals surface area contributed by atoms with Crippen molar-refractivity contribution >= 4 is 17.5 Å². The van der Waals surface area contributed by atoms with Crippen molar-refractivity contribution in [1.82, 2.24) is 14.8 Å². The summed E-state index contributed by atoms with van der Waals surface area (Å²) in [4.78, 5) is 19.8. The highest BCUT2D eigenvalue weighted by atomic mass is 35.5. The zero-order chi connectivity index (χ0) is 13.0. The molecule has 17 heavy (non-hydrogen) atoms. The van der Waals surface area contributed by atoms with E-state index in [2.05, 4.69) is 4.98 Å². The van der Waals surface area contributed by atoms with Crippen molar-refractivity contribution < 1.29 is 4.79 Å². The first-order valence-corrected chi connectivity index (χ1v) is 5.82. The van der Waals surface area contributed by atoms with Gasteiger partial charge in [-0.3, -0.25) is 4.79 Å². The van der Waals surface area contributed by atoms with Crippen LogP contribution in [-0.4, -0.2) is 54.9 Å². The first kappa shape index (κ1) is 13.9. The minimum atomic E-state index is -0.0285. The minimum absolute atomic E-state index is 0.0285. The molecule has 0 radical (unpaired) electrons. The molecule has 0 bridgehead atoms. The number of hydrogen-bond acceptors (Lipinski definition) is 3. The van der Waals surface area contributed by atoms with E-state index >= 15 is 0 Å². The van der Waals surface area contributed by atoms with Crippen molar-refractivity contribution in [3.63, 3.8) is 0 Å². The fourth-order valence-electron chi connectivity index (χ4n) is 1.42. The Balaban J connectivity index is 2.74. The molecule has 0 saturated carbocycles. The Labute approximate surface area is 107 Å². The first-order valence-electron chi connectivity index (χ1n) is 5.44. The number of nitrogens with zero attached hydrogens (tertiary/aromatic N) is 3. The van der Waals surface area contributed by atoms with Crippen LogP contribution in [-0.2, 0) is 0 Å². The Kier molecular flexibility index (Phi) is 4.90. The molecule has 4 nitrogen and oxygen atoms in total. The summed E-state index contributed by atoms with van der Waals surface area (Å²) in [7, 11) is 5.74. The summed E-state index contributed by atoms with van der Waals surface area (Å²) in [5.74, 6) is -0.0285. The average molecular weight is 256 g/mol. The van der Waals surface area contributed by atoms with Crippen molar-refractivity contribution in [3.05, 3.63) is 28.5 Å². The van der Waals surface area contributed by atoms with Crippen LogP contribution in [0.2, 0.25) is 5.15 Å². The maximum atomic E-state index is 12.1. The molecular formula is C12H18ClN3O. The summed E-state index contributed by atoms with van der Waals surface area (Å²) in [5, 5.41) is 0.356. The fraction of sp³-hybridized carbons (Fsp3) is 0.500. The standard InChI is InChI=1S/C12H18ClN3O/c1-9-7-10(8-11(13)14-9)12(17)16(4)6-5-15(2)3/h7-8H,5-6H2,1-4H3. The summed E-state index contributed by atoms with van der Waals surface area (Å²) in [6.45, 7) is 3.34. The van der Waals surface area contributed by atoms with Crippen LogP contribution in [0.5, 0.6) is 0 Å². The quantitative estimate of drug-likeness (QED) is 0.768. The van der Waals surface area contributed by atoms with Gasteiger partial charge in [-0.1, -0.05) is 11.6 Å². The molecule has 1 aromatic heterocycles. The second-order valence-corrected chi connectivity index (χ2v) is 4.74. The SMILES string of the molecule is Cc1cc(C(=O)N(C)CCN(C)C)cc(Cl)n1. The number of rotatable bonds is 4. The van der Waals surface area contributed by atoms with Gasteiger partial charge in [0.25, 0.3) is 5.91 Å². The van der Waals surface area contributed by atoms with Crippen LogP contribution >= 0.6 is 11.6 Å². The predicted octanol–water partition coefficient (Wildman–Crippen LogP) is 1.68. The van der Waals surface area contributed by atoms with Crippen molar-refractivity contribution in [2.75, 3.05) is 34.2 Å². The summed E-state index contributed by atoms with van der Waals surface area (Å²) in [6, 6.07) is 3.35. The molecule has 1 heterocycles. The van der Waals surface area contributed by atoms with E-state index in [-0.39, 0.29) is 5.91 Å². The maximum Gasteiger partial charge on any atom is 0.253 e. The van der Waals surface area contributed by atoms with Gasteiger partial charge in [0.1, 0.15) is 5.15 Å². The van der Waals surface area contributed by atoms with Gasteiger partial charge in [-0.2, -0.15) is 0 Å². The number of aromatic nitrogens is 1. The maximum absolute atomic E-state index is 12.1. The Morgan fingerprint density at radius 1 is 1.29 bits per heavy atom. The van der Waals surface area contributed by atoms with Crippen molar-refractivity contribution in [3.8, 4) is 0 Å². The topological polar surface area (TPSA) is 36.4 Å². The molecule has 0 spiro atoms. The monoisotopic (exact) mass is 255 g/mol. The van der Waals surface area contributed by atoms with Crippen LogP contribution in [0, 0.1) is 6.92 Å². The predicted molar refractivity (Wildman–Crippen MR) is 69.5 cm³/mol. The highest BCUT2D eigenvalue weighted by Gasteiger charge is 2.13. The summed E-state index contributed by atoms with van der Waals surface area (Å²) in [6.07, 6.45) is 0. The molecule has 0 saturated heterocycles. The van der Waals surface area contributed by atoms with E-state index in [1.165, 1.54) is 0 Å². The molecule has 0 aliphatic carbocycles. The first-order chi connectivity index (χ1) is 7.90. The second kappa shape index (κ2) is 5.98. The number of hydrogen-bond donors (Lipinski definition) is 0. The van der Waals surface area contributed by atoms with Crippen LogP contribution in [0.25, 0.3) is 0 Å². The van der Waals surface area contributed by atoms with Crippen molar-refractivity contribution in [2.24, 2.45) is 0 Å². The lowest BCUT2D eigenvalue weighted by Gasteiger charge is -2.19. The number of likely N-dealkylation sites (N-methyl/N-ethyl adjacent to an activating group) is 2. The van der Waals surface area contributed by atoms with Gasteiger partial charge in [-0.15, -0.1) is 0 Å². The summed E-state index contributed by atoms with van der Waals surface area (Å²) < 4.78 is 0. The van der Waals surface area contributed by atoms with E-state index < -0.39 is 0 Å². The Morgan fingerprint density at radius 3 is 2.47 bits per heavy atom. The number of aryl methyl sites for hydroxylation is 1. The number of halogens is 1. The van der Waals surface area contributed by atoms with Gasteiger partial charge in [0, 0.05) is 31.4 Å². The third kappa shape index (κ3) is 4.32. The summed E-state index contributed by atoms with van der Waals surface area (Å²) in [5.41, 5.74) is 1.34. The van der Waals surface area contributed by atoms with E-state index in [1.54, 1.807) is 24.1 Å². The van der Waals surface area contributed by atoms with E-state index in [0.717, 1.165) is 12.2 Å². The highest BCUT2D eigenvalue weighted by Crippen LogP contribution is 2.12. The number of carbonyl (C=O) groups is 1. The van der Waals surface area contributed by atoms with E-state index in [1.807, 2.05) is 25.9 Å². The lowest BCUT2D eigenvalue weighted by atomic mass is 10.2. The smallest absolute Gasteiger partial charge is 0.253 e. The van der Waals surface area contributed by atoms with Crippen LogP contribution < -0.4 is 0 Å². The molecule has 1 amide bonds. The summed E-state index contributed by atoms with van der Waals surface area (Å²) >= 11 is 5.84. The molecule has 5 heteroatoms. The van der Waals surface area contributed by atoms with Gasteiger partial charge in [0.2, 0.25) is 0 Å². The lowest BCUT2D eigenvalue weighted by Crippen LogP contribution is -2.33. The Hall–Kier alpha value is -1.13. The van der Waals surface area contributed by atoms with Crippen molar-refractivity contribution in [1.29, 1.82) is 0 Å². The molecule has 94 valence electrons. The van der Waals surface area contributed by atoms with Gasteiger partial charge in [0.05, 0.1) is 0 Å². The molecule has 1 aromatic rings. The number of pyridine rings is 1. The van der Waals surface area contributed by atoms with Crippen LogP contribution in [0.1, 0.15) is 16.1 Å². The molecule has 0 N–H and O–H groups in total. The number of carbonyl (C=O) groups excluding carboxylic acids is 1. The Morgan fingerprint density at radius 2 is 1.94 bits per heavy atom. The lowest BCUT2D eigenvalue weighted by molar-refractivity contribution is 0.0786. The molecular weight excluding hydrogens is 238 g/mol. The fourth-order valence-corrected chi connectivity index (χ4v) is 1.67. The number of amides is 1. The molecule has 0 atom stereocenters. The zero-order valence-electron chi connectivity index (χ0n) is 10.7. The molecule has 0 fully saturated rings. The highest BCUT2D eigenvalue weighted by molar-refractivity contribution is 6.29.